The molecule has 0 spiro atoms. The van der Waals surface area contributed by atoms with E-state index in [9.17, 15) is 18.9 Å². The molecule has 4 N–H and O–H groups in total. The Hall–Kier alpha value is -0.840. The van der Waals surface area contributed by atoms with Gasteiger partial charge in [-0.2, -0.15) is 0 Å². The quantitative estimate of drug-likeness (QED) is 0.156. The highest BCUT2D eigenvalue weighted by atomic mass is 32.2. The van der Waals surface area contributed by atoms with Crippen LogP contribution < -0.4 is 16.1 Å². The van der Waals surface area contributed by atoms with Crippen LogP contribution in [0.5, 0.6) is 0 Å². The van der Waals surface area contributed by atoms with E-state index in [2.05, 4.69) is 10.4 Å². The van der Waals surface area contributed by atoms with E-state index in [1.54, 1.807) is 18.7 Å². The maximum Gasteiger partial charge on any atom is 0.406 e. The van der Waals surface area contributed by atoms with Crippen molar-refractivity contribution in [3.63, 3.8) is 0 Å². The van der Waals surface area contributed by atoms with Gasteiger partial charge in [0.05, 0.1) is 24.6 Å². The molecule has 1 saturated heterocycles. The van der Waals surface area contributed by atoms with E-state index in [1.165, 1.54) is 12.3 Å². The fraction of sp³-hybridized carbons (Fsp3) is 0.722. The van der Waals surface area contributed by atoms with Crippen LogP contribution in [0.4, 0.5) is 0 Å². The van der Waals surface area contributed by atoms with Gasteiger partial charge in [0.15, 0.2) is 5.12 Å². The Balaban J connectivity index is 2.51. The summed E-state index contributed by atoms with van der Waals surface area (Å²) in [5.74, 6) is -0.196. The normalized spacial score (nSPS) is 22.5. The highest BCUT2D eigenvalue weighted by molar-refractivity contribution is 8.13. The molecule has 0 bridgehead atoms. The molecular weight excluding hydrogens is 449 g/mol. The minimum Gasteiger partial charge on any atom is -0.379 e. The van der Waals surface area contributed by atoms with Crippen LogP contribution in [-0.4, -0.2) is 52.9 Å². The first-order valence-corrected chi connectivity index (χ1v) is 13.1. The minimum atomic E-state index is -3.71. The van der Waals surface area contributed by atoms with Gasteiger partial charge < -0.3 is 15.8 Å². The van der Waals surface area contributed by atoms with E-state index in [0.29, 0.717) is 12.0 Å². The summed E-state index contributed by atoms with van der Waals surface area (Å²) >= 11 is 2.71. The van der Waals surface area contributed by atoms with Crippen molar-refractivity contribution in [2.45, 2.75) is 57.2 Å². The average Bonchev–Trinajstić information content (AvgIpc) is 3.10. The largest absolute Gasteiger partial charge is 0.406 e. The lowest BCUT2D eigenvalue weighted by atomic mass is 10.00. The monoisotopic (exact) mass is 481 g/mol. The van der Waals surface area contributed by atoms with Crippen molar-refractivity contribution < 1.29 is 28.0 Å². The average molecular weight is 482 g/mol. The summed E-state index contributed by atoms with van der Waals surface area (Å²) in [6.07, 6.45) is 5.05. The highest BCUT2D eigenvalue weighted by Gasteiger charge is 2.32. The zero-order valence-electron chi connectivity index (χ0n) is 17.8. The maximum absolute atomic E-state index is 13.0. The molecule has 1 rings (SSSR count). The fourth-order valence-electron chi connectivity index (χ4n) is 2.27. The molecule has 12 heteroatoms. The van der Waals surface area contributed by atoms with Gasteiger partial charge in [-0.3, -0.25) is 18.6 Å². The molecule has 1 aliphatic rings. The zero-order chi connectivity index (χ0) is 22.8. The van der Waals surface area contributed by atoms with Crippen LogP contribution in [0.1, 0.15) is 40.5 Å². The molecule has 0 aromatic rings. The molecule has 0 aliphatic carbocycles. The summed E-state index contributed by atoms with van der Waals surface area (Å²) in [4.78, 5) is 33.7. The van der Waals surface area contributed by atoms with Gasteiger partial charge in [-0.15, -0.1) is 11.8 Å². The smallest absolute Gasteiger partial charge is 0.379 e. The molecule has 1 amide bonds. The number of primary amides is 1. The number of nitrogens with one attached hydrogen (secondary N) is 2. The first kappa shape index (κ1) is 27.2. The Morgan fingerprint density at radius 1 is 1.33 bits per heavy atom. The maximum atomic E-state index is 13.0. The second-order valence-corrected chi connectivity index (χ2v) is 12.1. The molecule has 4 unspecified atom stereocenters. The van der Waals surface area contributed by atoms with Crippen LogP contribution in [0.3, 0.4) is 0 Å². The Morgan fingerprint density at radius 2 is 2.03 bits per heavy atom. The fourth-order valence-corrected chi connectivity index (χ4v) is 6.08. The van der Waals surface area contributed by atoms with Gasteiger partial charge in [0, 0.05) is 28.7 Å². The lowest BCUT2D eigenvalue weighted by molar-refractivity contribution is -0.117. The minimum absolute atomic E-state index is 0.0161. The molecule has 0 saturated carbocycles. The van der Waals surface area contributed by atoms with Crippen molar-refractivity contribution in [2.24, 2.45) is 11.1 Å². The molecule has 30 heavy (non-hydrogen) atoms. The van der Waals surface area contributed by atoms with Gasteiger partial charge in [0.2, 0.25) is 5.91 Å². The molecule has 172 valence electrons. The first-order chi connectivity index (χ1) is 13.9. The van der Waals surface area contributed by atoms with Gasteiger partial charge in [-0.1, -0.05) is 32.5 Å². The van der Waals surface area contributed by atoms with Crippen molar-refractivity contribution in [1.82, 2.24) is 10.4 Å². The summed E-state index contributed by atoms with van der Waals surface area (Å²) in [5, 5.41) is 5.87. The second kappa shape index (κ2) is 12.9. The second-order valence-electron chi connectivity index (χ2n) is 7.79. The van der Waals surface area contributed by atoms with E-state index in [-0.39, 0.29) is 29.0 Å². The number of carbonyl (C=O) groups excluding carboxylic acids is 3. The van der Waals surface area contributed by atoms with Gasteiger partial charge in [0.25, 0.3) is 0 Å². The van der Waals surface area contributed by atoms with Gasteiger partial charge >= 0.3 is 7.75 Å². The lowest BCUT2D eigenvalue weighted by Crippen LogP contribution is -2.28. The van der Waals surface area contributed by atoms with E-state index in [1.807, 2.05) is 20.8 Å². The summed E-state index contributed by atoms with van der Waals surface area (Å²) in [6, 6.07) is -0.704. The zero-order valence-corrected chi connectivity index (χ0v) is 20.3. The third kappa shape index (κ3) is 11.0. The number of aldehydes is 1. The first-order valence-electron chi connectivity index (χ1n) is 9.62. The van der Waals surface area contributed by atoms with Crippen molar-refractivity contribution in [1.29, 1.82) is 0 Å². The third-order valence-electron chi connectivity index (χ3n) is 3.82. The number of hydrogen-bond acceptors (Lipinski definition) is 9. The summed E-state index contributed by atoms with van der Waals surface area (Å²) in [7, 11) is -3.71. The van der Waals surface area contributed by atoms with Crippen LogP contribution in [-0.2, 0) is 28.0 Å². The van der Waals surface area contributed by atoms with Crippen molar-refractivity contribution >= 4 is 48.6 Å². The van der Waals surface area contributed by atoms with Crippen LogP contribution in [0.15, 0.2) is 12.3 Å². The summed E-state index contributed by atoms with van der Waals surface area (Å²) in [5.41, 5.74) is 4.58. The van der Waals surface area contributed by atoms with Crippen LogP contribution in [0.2, 0.25) is 0 Å². The molecule has 1 heterocycles. The molecule has 0 radical (unpaired) electrons. The lowest BCUT2D eigenvalue weighted by Gasteiger charge is -2.22. The molecule has 4 atom stereocenters. The highest BCUT2D eigenvalue weighted by Crippen LogP contribution is 2.46. The summed E-state index contributed by atoms with van der Waals surface area (Å²) < 4.78 is 24.0. The van der Waals surface area contributed by atoms with E-state index in [0.717, 1.165) is 24.6 Å². The SMILES string of the molecule is CC(C=O)NP(=O)(OCCSC(=O)C(C)(C)C)OCC1CCC(N/C=C\C(N)=O)S1. The van der Waals surface area contributed by atoms with Gasteiger partial charge in [-0.05, 0) is 19.8 Å². The van der Waals surface area contributed by atoms with Crippen LogP contribution in [0.25, 0.3) is 0 Å². The number of nitrogens with two attached hydrogens (primary N) is 1. The molecule has 1 fully saturated rings. The topological polar surface area (TPSA) is 137 Å². The Bertz CT molecular complexity index is 671. The number of rotatable bonds is 13. The standard InChI is InChI=1S/C18H32N3O6PS2/c1-13(11-22)21-28(25,26-9-10-29-17(24)18(2,3)4)27-12-14-5-6-16(30-14)20-8-7-15(19)23/h7-8,11,13-14,16,20H,5-6,9-10,12H2,1-4H3,(H2,19,23)(H,21,25)/b8-7-. The molecule has 9 nitrogen and oxygen atoms in total. The Labute approximate surface area is 186 Å². The van der Waals surface area contributed by atoms with E-state index in [4.69, 9.17) is 14.8 Å². The van der Waals surface area contributed by atoms with E-state index < -0.39 is 25.1 Å². The number of carbonyl (C=O) groups is 3. The van der Waals surface area contributed by atoms with Crippen molar-refractivity contribution in [2.75, 3.05) is 19.0 Å². The molecule has 1 aliphatic heterocycles. The van der Waals surface area contributed by atoms with Crippen LogP contribution in [0, 0.1) is 5.41 Å². The number of hydrogen-bond donors (Lipinski definition) is 3. The Morgan fingerprint density at radius 3 is 2.63 bits per heavy atom. The van der Waals surface area contributed by atoms with Gasteiger partial charge in [0.1, 0.15) is 6.29 Å². The van der Waals surface area contributed by atoms with Crippen molar-refractivity contribution in [3.05, 3.63) is 12.3 Å². The Kier molecular flexibility index (Phi) is 11.7. The van der Waals surface area contributed by atoms with E-state index >= 15 is 0 Å². The number of thioether (sulfide) groups is 2. The molecular formula is C18H32N3O6PS2. The summed E-state index contributed by atoms with van der Waals surface area (Å²) in [6.45, 7) is 7.26. The predicted molar refractivity (Wildman–Crippen MR) is 121 cm³/mol. The third-order valence-corrected chi connectivity index (χ3v) is 8.26. The number of amides is 1. The van der Waals surface area contributed by atoms with Crippen LogP contribution >= 0.6 is 31.3 Å². The predicted octanol–water partition coefficient (Wildman–Crippen LogP) is 2.42. The molecule has 0 aromatic carbocycles. The van der Waals surface area contributed by atoms with Crippen molar-refractivity contribution in [3.8, 4) is 0 Å². The molecule has 0 aromatic heterocycles. The van der Waals surface area contributed by atoms with Gasteiger partial charge in [-0.25, -0.2) is 9.65 Å².